The number of carbonyl (C=O) groups is 2. The van der Waals surface area contributed by atoms with Gasteiger partial charge in [-0.15, -0.1) is 0 Å². The van der Waals surface area contributed by atoms with Crippen molar-refractivity contribution < 1.29 is 23.5 Å². The maximum atomic E-state index is 13.3. The van der Waals surface area contributed by atoms with E-state index in [1.54, 1.807) is 24.3 Å². The summed E-state index contributed by atoms with van der Waals surface area (Å²) in [7, 11) is 0. The van der Waals surface area contributed by atoms with Crippen molar-refractivity contribution in [2.24, 2.45) is 0 Å². The molecule has 2 aromatic carbocycles. The van der Waals surface area contributed by atoms with E-state index < -0.39 is 11.9 Å². The summed E-state index contributed by atoms with van der Waals surface area (Å²) in [5, 5.41) is 4.57. The van der Waals surface area contributed by atoms with E-state index in [9.17, 15) is 14.0 Å². The molecule has 0 atom stereocenters. The molecular formula is C19H16BrFN2O4. The normalized spacial score (nSPS) is 14.9. The second-order valence-electron chi connectivity index (χ2n) is 5.65. The highest BCUT2D eigenvalue weighted by atomic mass is 79.9. The number of rotatable bonds is 6. The molecule has 6 nitrogen and oxygen atoms in total. The Morgan fingerprint density at radius 1 is 1.15 bits per heavy atom. The minimum atomic E-state index is -0.564. The SMILES string of the molecule is CCOc1cc(/C=C2/NC(=O)NC2=O)cc(Br)c1OCc1cccc(F)c1. The van der Waals surface area contributed by atoms with Crippen LogP contribution in [0.15, 0.2) is 46.6 Å². The van der Waals surface area contributed by atoms with Crippen LogP contribution in [-0.2, 0) is 11.4 Å². The monoisotopic (exact) mass is 434 g/mol. The summed E-state index contributed by atoms with van der Waals surface area (Å²) < 4.78 is 25.4. The molecule has 0 saturated carbocycles. The summed E-state index contributed by atoms with van der Waals surface area (Å²) in [6.07, 6.45) is 1.53. The molecule has 1 heterocycles. The standard InChI is InChI=1S/C19H16BrFN2O4/c1-2-26-16-9-12(8-15-18(24)23-19(25)22-15)7-14(20)17(16)27-10-11-4-3-5-13(21)6-11/h3-9H,2,10H2,1H3,(H2,22,23,24,25)/b15-8+. The van der Waals surface area contributed by atoms with Gasteiger partial charge in [0, 0.05) is 0 Å². The van der Waals surface area contributed by atoms with Crippen LogP contribution < -0.4 is 20.1 Å². The van der Waals surface area contributed by atoms with Crippen molar-refractivity contribution in [1.82, 2.24) is 10.6 Å². The van der Waals surface area contributed by atoms with Crippen LogP contribution in [0.2, 0.25) is 0 Å². The van der Waals surface area contributed by atoms with Crippen LogP contribution in [0, 0.1) is 5.82 Å². The van der Waals surface area contributed by atoms with Gasteiger partial charge >= 0.3 is 6.03 Å². The van der Waals surface area contributed by atoms with Gasteiger partial charge in [-0.25, -0.2) is 9.18 Å². The first-order chi connectivity index (χ1) is 13.0. The molecule has 2 aromatic rings. The first-order valence-electron chi connectivity index (χ1n) is 8.14. The van der Waals surface area contributed by atoms with E-state index in [1.165, 1.54) is 18.2 Å². The van der Waals surface area contributed by atoms with Crippen molar-refractivity contribution in [3.05, 3.63) is 63.5 Å². The average molecular weight is 435 g/mol. The van der Waals surface area contributed by atoms with Crippen LogP contribution in [0.25, 0.3) is 6.08 Å². The van der Waals surface area contributed by atoms with E-state index in [1.807, 2.05) is 6.92 Å². The van der Waals surface area contributed by atoms with E-state index in [-0.39, 0.29) is 18.1 Å². The maximum absolute atomic E-state index is 13.3. The number of hydrogen-bond acceptors (Lipinski definition) is 4. The van der Waals surface area contributed by atoms with Crippen LogP contribution in [0.4, 0.5) is 9.18 Å². The van der Waals surface area contributed by atoms with E-state index >= 15 is 0 Å². The maximum Gasteiger partial charge on any atom is 0.326 e. The first-order valence-corrected chi connectivity index (χ1v) is 8.93. The highest BCUT2D eigenvalue weighted by Gasteiger charge is 2.23. The summed E-state index contributed by atoms with van der Waals surface area (Å²) >= 11 is 3.44. The van der Waals surface area contributed by atoms with Crippen molar-refractivity contribution >= 4 is 33.9 Å². The van der Waals surface area contributed by atoms with E-state index in [4.69, 9.17) is 9.47 Å². The summed E-state index contributed by atoms with van der Waals surface area (Å²) in [6, 6.07) is 9.00. The van der Waals surface area contributed by atoms with Crippen LogP contribution in [0.3, 0.4) is 0 Å². The van der Waals surface area contributed by atoms with Gasteiger partial charge < -0.3 is 14.8 Å². The van der Waals surface area contributed by atoms with Crippen molar-refractivity contribution in [3.8, 4) is 11.5 Å². The zero-order valence-corrected chi connectivity index (χ0v) is 15.9. The zero-order chi connectivity index (χ0) is 19.4. The minimum absolute atomic E-state index is 0.141. The van der Waals surface area contributed by atoms with Gasteiger partial charge in [-0.1, -0.05) is 12.1 Å². The zero-order valence-electron chi connectivity index (χ0n) is 14.3. The molecule has 2 N–H and O–H groups in total. The van der Waals surface area contributed by atoms with Gasteiger partial charge in [-0.3, -0.25) is 10.1 Å². The molecule has 27 heavy (non-hydrogen) atoms. The van der Waals surface area contributed by atoms with E-state index in [0.717, 1.165) is 0 Å². The predicted octanol–water partition coefficient (Wildman–Crippen LogP) is 3.75. The highest BCUT2D eigenvalue weighted by Crippen LogP contribution is 2.38. The lowest BCUT2D eigenvalue weighted by atomic mass is 10.1. The minimum Gasteiger partial charge on any atom is -0.490 e. The fourth-order valence-corrected chi connectivity index (χ4v) is 3.08. The molecule has 1 aliphatic heterocycles. The third-order valence-corrected chi connectivity index (χ3v) is 4.22. The number of imide groups is 1. The molecule has 8 heteroatoms. The molecule has 0 radical (unpaired) electrons. The Bertz CT molecular complexity index is 930. The molecule has 3 rings (SSSR count). The van der Waals surface area contributed by atoms with Gasteiger partial charge in [0.1, 0.15) is 18.1 Å². The van der Waals surface area contributed by atoms with Crippen molar-refractivity contribution in [3.63, 3.8) is 0 Å². The van der Waals surface area contributed by atoms with Crippen LogP contribution in [0.1, 0.15) is 18.1 Å². The Morgan fingerprint density at radius 3 is 2.63 bits per heavy atom. The number of halogens is 2. The molecule has 0 aromatic heterocycles. The van der Waals surface area contributed by atoms with Crippen LogP contribution in [0.5, 0.6) is 11.5 Å². The Kier molecular flexibility index (Phi) is 5.75. The van der Waals surface area contributed by atoms with Crippen molar-refractivity contribution in [1.29, 1.82) is 0 Å². The Labute approximate surface area is 163 Å². The molecule has 1 fully saturated rings. The second kappa shape index (κ2) is 8.22. The van der Waals surface area contributed by atoms with Crippen LogP contribution in [-0.4, -0.2) is 18.5 Å². The lowest BCUT2D eigenvalue weighted by Crippen LogP contribution is -2.22. The van der Waals surface area contributed by atoms with Gasteiger partial charge in [0.25, 0.3) is 5.91 Å². The smallest absolute Gasteiger partial charge is 0.326 e. The molecular weight excluding hydrogens is 419 g/mol. The van der Waals surface area contributed by atoms with Crippen molar-refractivity contribution in [2.75, 3.05) is 6.61 Å². The third-order valence-electron chi connectivity index (χ3n) is 3.63. The number of ether oxygens (including phenoxy) is 2. The molecule has 0 spiro atoms. The number of nitrogens with one attached hydrogen (secondary N) is 2. The number of benzene rings is 2. The molecule has 0 aliphatic carbocycles. The topological polar surface area (TPSA) is 76.7 Å². The van der Waals surface area contributed by atoms with E-state index in [0.29, 0.717) is 33.7 Å². The number of amides is 3. The summed E-state index contributed by atoms with van der Waals surface area (Å²) in [6.45, 7) is 2.40. The lowest BCUT2D eigenvalue weighted by Gasteiger charge is -2.15. The molecule has 1 saturated heterocycles. The molecule has 140 valence electrons. The quantitative estimate of drug-likeness (QED) is 0.536. The Hall–Kier alpha value is -2.87. The summed E-state index contributed by atoms with van der Waals surface area (Å²) in [5.41, 5.74) is 1.46. The molecule has 0 bridgehead atoms. The molecule has 0 unspecified atom stereocenters. The Morgan fingerprint density at radius 2 is 1.96 bits per heavy atom. The second-order valence-corrected chi connectivity index (χ2v) is 6.50. The summed E-state index contributed by atoms with van der Waals surface area (Å²) in [5.74, 6) is 0.0857. The highest BCUT2D eigenvalue weighted by molar-refractivity contribution is 9.10. The third kappa shape index (κ3) is 4.65. The fourth-order valence-electron chi connectivity index (χ4n) is 2.51. The molecule has 1 aliphatic rings. The van der Waals surface area contributed by atoms with Gasteiger partial charge in [-0.05, 0) is 64.3 Å². The van der Waals surface area contributed by atoms with Crippen LogP contribution >= 0.6 is 15.9 Å². The van der Waals surface area contributed by atoms with Gasteiger partial charge in [0.2, 0.25) is 0 Å². The van der Waals surface area contributed by atoms with Gasteiger partial charge in [-0.2, -0.15) is 0 Å². The van der Waals surface area contributed by atoms with Gasteiger partial charge in [0.15, 0.2) is 11.5 Å². The largest absolute Gasteiger partial charge is 0.490 e. The molecule has 3 amide bonds. The van der Waals surface area contributed by atoms with E-state index in [2.05, 4.69) is 26.6 Å². The fraction of sp³-hybridized carbons (Fsp3) is 0.158. The number of carbonyl (C=O) groups excluding carboxylic acids is 2. The average Bonchev–Trinajstić information content (AvgIpc) is 2.91. The summed E-state index contributed by atoms with van der Waals surface area (Å²) in [4.78, 5) is 22.9. The number of urea groups is 1. The lowest BCUT2D eigenvalue weighted by molar-refractivity contribution is -0.115. The predicted molar refractivity (Wildman–Crippen MR) is 101 cm³/mol. The van der Waals surface area contributed by atoms with Gasteiger partial charge in [0.05, 0.1) is 11.1 Å². The Balaban J connectivity index is 1.87. The van der Waals surface area contributed by atoms with Crippen molar-refractivity contribution in [2.45, 2.75) is 13.5 Å². The first kappa shape index (κ1) is 18.9. The number of hydrogen-bond donors (Lipinski definition) is 2.